The molecule has 0 unspecified atom stereocenters. The van der Waals surface area contributed by atoms with E-state index in [4.69, 9.17) is 5.73 Å². The molecule has 18 heavy (non-hydrogen) atoms. The number of halogens is 2. The van der Waals surface area contributed by atoms with Gasteiger partial charge in [0.05, 0.1) is 0 Å². The molecule has 0 amide bonds. The largest absolute Gasteiger partial charge is 0.324 e. The highest BCUT2D eigenvalue weighted by molar-refractivity contribution is 7.99. The van der Waals surface area contributed by atoms with Crippen LogP contribution < -0.4 is 5.73 Å². The Labute approximate surface area is 109 Å². The molecule has 94 valence electrons. The third-order valence-electron chi connectivity index (χ3n) is 2.53. The first kappa shape index (κ1) is 13.1. The molecule has 0 aliphatic carbocycles. The minimum absolute atomic E-state index is 0.0217. The molecule has 0 bridgehead atoms. The van der Waals surface area contributed by atoms with E-state index in [1.54, 1.807) is 0 Å². The van der Waals surface area contributed by atoms with E-state index >= 15 is 0 Å². The summed E-state index contributed by atoms with van der Waals surface area (Å²) in [4.78, 5) is 1.30. The van der Waals surface area contributed by atoms with Crippen molar-refractivity contribution in [2.24, 2.45) is 5.73 Å². The van der Waals surface area contributed by atoms with Crippen molar-refractivity contribution in [3.63, 3.8) is 0 Å². The summed E-state index contributed by atoms with van der Waals surface area (Å²) in [6, 6.07) is 11.1. The van der Waals surface area contributed by atoms with Gasteiger partial charge in [0.2, 0.25) is 0 Å². The SMILES string of the molecule is C[C@H](N)c1ccc(Sc2ccc(F)cc2F)cc1. The minimum Gasteiger partial charge on any atom is -0.324 e. The van der Waals surface area contributed by atoms with Crippen molar-refractivity contribution in [2.45, 2.75) is 22.8 Å². The fourth-order valence-corrected chi connectivity index (χ4v) is 2.34. The van der Waals surface area contributed by atoms with Gasteiger partial charge in [0.15, 0.2) is 0 Å². The van der Waals surface area contributed by atoms with E-state index in [1.165, 1.54) is 23.9 Å². The lowest BCUT2D eigenvalue weighted by Gasteiger charge is -2.07. The molecule has 0 aliphatic rings. The molecule has 0 fully saturated rings. The summed E-state index contributed by atoms with van der Waals surface area (Å²) in [7, 11) is 0. The topological polar surface area (TPSA) is 26.0 Å². The predicted octanol–water partition coefficient (Wildman–Crippen LogP) is 4.14. The minimum atomic E-state index is -0.566. The Bertz CT molecular complexity index is 538. The Balaban J connectivity index is 2.18. The van der Waals surface area contributed by atoms with Crippen LogP contribution in [-0.4, -0.2) is 0 Å². The third kappa shape index (κ3) is 3.09. The quantitative estimate of drug-likeness (QED) is 0.902. The van der Waals surface area contributed by atoms with Crippen molar-refractivity contribution in [3.8, 4) is 0 Å². The van der Waals surface area contributed by atoms with Gasteiger partial charge in [0, 0.05) is 21.9 Å². The molecule has 2 aromatic carbocycles. The van der Waals surface area contributed by atoms with E-state index in [0.717, 1.165) is 16.5 Å². The Morgan fingerprint density at radius 1 is 1.06 bits per heavy atom. The van der Waals surface area contributed by atoms with Crippen LogP contribution in [0.25, 0.3) is 0 Å². The number of nitrogens with two attached hydrogens (primary N) is 1. The van der Waals surface area contributed by atoms with Gasteiger partial charge in [-0.05, 0) is 36.8 Å². The first-order valence-electron chi connectivity index (χ1n) is 5.54. The summed E-state index contributed by atoms with van der Waals surface area (Å²) >= 11 is 1.26. The molecule has 0 aromatic heterocycles. The zero-order chi connectivity index (χ0) is 13.1. The molecule has 0 spiro atoms. The van der Waals surface area contributed by atoms with E-state index in [-0.39, 0.29) is 6.04 Å². The van der Waals surface area contributed by atoms with Crippen LogP contribution in [0, 0.1) is 11.6 Å². The summed E-state index contributed by atoms with van der Waals surface area (Å²) in [6.07, 6.45) is 0. The van der Waals surface area contributed by atoms with Crippen LogP contribution in [-0.2, 0) is 0 Å². The molecule has 4 heteroatoms. The molecule has 0 radical (unpaired) electrons. The normalized spacial score (nSPS) is 12.4. The molecular weight excluding hydrogens is 252 g/mol. The highest BCUT2D eigenvalue weighted by Crippen LogP contribution is 2.30. The van der Waals surface area contributed by atoms with Crippen LogP contribution in [0.2, 0.25) is 0 Å². The molecule has 2 N–H and O–H groups in total. The molecule has 0 saturated heterocycles. The lowest BCUT2D eigenvalue weighted by Crippen LogP contribution is -2.04. The molecular formula is C14H13F2NS. The van der Waals surface area contributed by atoms with Crippen LogP contribution in [0.1, 0.15) is 18.5 Å². The second kappa shape index (κ2) is 5.50. The monoisotopic (exact) mass is 265 g/mol. The molecule has 2 aromatic rings. The second-order valence-corrected chi connectivity index (χ2v) is 5.15. The molecule has 1 atom stereocenters. The Hall–Kier alpha value is -1.39. The van der Waals surface area contributed by atoms with Crippen LogP contribution in [0.5, 0.6) is 0 Å². The van der Waals surface area contributed by atoms with Crippen molar-refractivity contribution in [1.82, 2.24) is 0 Å². The second-order valence-electron chi connectivity index (χ2n) is 4.03. The number of rotatable bonds is 3. The van der Waals surface area contributed by atoms with Crippen LogP contribution >= 0.6 is 11.8 Å². The van der Waals surface area contributed by atoms with Crippen LogP contribution in [0.4, 0.5) is 8.78 Å². The Kier molecular flexibility index (Phi) is 3.99. The van der Waals surface area contributed by atoms with E-state index in [2.05, 4.69) is 0 Å². The van der Waals surface area contributed by atoms with Gasteiger partial charge in [-0.15, -0.1) is 0 Å². The number of benzene rings is 2. The molecule has 2 rings (SSSR count). The highest BCUT2D eigenvalue weighted by Gasteiger charge is 2.06. The number of hydrogen-bond acceptors (Lipinski definition) is 2. The summed E-state index contributed by atoms with van der Waals surface area (Å²) in [6.45, 7) is 1.90. The zero-order valence-electron chi connectivity index (χ0n) is 9.86. The van der Waals surface area contributed by atoms with E-state index in [9.17, 15) is 8.78 Å². The van der Waals surface area contributed by atoms with Gasteiger partial charge < -0.3 is 5.73 Å². The van der Waals surface area contributed by atoms with Crippen molar-refractivity contribution >= 4 is 11.8 Å². The van der Waals surface area contributed by atoms with Crippen LogP contribution in [0.15, 0.2) is 52.3 Å². The van der Waals surface area contributed by atoms with Crippen LogP contribution in [0.3, 0.4) is 0 Å². The zero-order valence-corrected chi connectivity index (χ0v) is 10.7. The predicted molar refractivity (Wildman–Crippen MR) is 69.5 cm³/mol. The smallest absolute Gasteiger partial charge is 0.140 e. The summed E-state index contributed by atoms with van der Waals surface area (Å²) in [5.74, 6) is -1.11. The van der Waals surface area contributed by atoms with Crippen molar-refractivity contribution in [1.29, 1.82) is 0 Å². The lowest BCUT2D eigenvalue weighted by molar-refractivity contribution is 0.565. The maximum atomic E-state index is 13.5. The van der Waals surface area contributed by atoms with Crippen molar-refractivity contribution < 1.29 is 8.78 Å². The highest BCUT2D eigenvalue weighted by atomic mass is 32.2. The molecule has 0 saturated carbocycles. The van der Waals surface area contributed by atoms with Gasteiger partial charge in [0.1, 0.15) is 11.6 Å². The lowest BCUT2D eigenvalue weighted by atomic mass is 10.1. The average Bonchev–Trinajstić information content (AvgIpc) is 2.33. The van der Waals surface area contributed by atoms with Gasteiger partial charge in [-0.1, -0.05) is 23.9 Å². The van der Waals surface area contributed by atoms with Crippen molar-refractivity contribution in [2.75, 3.05) is 0 Å². The Morgan fingerprint density at radius 3 is 2.28 bits per heavy atom. The number of hydrogen-bond donors (Lipinski definition) is 1. The van der Waals surface area contributed by atoms with Gasteiger partial charge in [-0.3, -0.25) is 0 Å². The van der Waals surface area contributed by atoms with Gasteiger partial charge in [0.25, 0.3) is 0 Å². The summed E-state index contributed by atoms with van der Waals surface area (Å²) in [5.41, 5.74) is 6.78. The van der Waals surface area contributed by atoms with E-state index in [1.807, 2.05) is 31.2 Å². The fraction of sp³-hybridized carbons (Fsp3) is 0.143. The van der Waals surface area contributed by atoms with Crippen molar-refractivity contribution in [3.05, 3.63) is 59.7 Å². The molecule has 1 nitrogen and oxygen atoms in total. The molecule has 0 aliphatic heterocycles. The maximum absolute atomic E-state index is 13.5. The van der Waals surface area contributed by atoms with E-state index in [0.29, 0.717) is 4.90 Å². The summed E-state index contributed by atoms with van der Waals surface area (Å²) < 4.78 is 26.2. The van der Waals surface area contributed by atoms with E-state index < -0.39 is 11.6 Å². The summed E-state index contributed by atoms with van der Waals surface area (Å²) in [5, 5.41) is 0. The maximum Gasteiger partial charge on any atom is 0.140 e. The van der Waals surface area contributed by atoms with Gasteiger partial charge >= 0.3 is 0 Å². The van der Waals surface area contributed by atoms with Gasteiger partial charge in [-0.2, -0.15) is 0 Å². The first-order valence-corrected chi connectivity index (χ1v) is 6.36. The standard InChI is InChI=1S/C14H13F2NS/c1-9(17)10-2-5-12(6-3-10)18-14-7-4-11(15)8-13(14)16/h2-9H,17H2,1H3/t9-/m0/s1. The average molecular weight is 265 g/mol. The third-order valence-corrected chi connectivity index (χ3v) is 3.59. The molecule has 0 heterocycles. The Morgan fingerprint density at radius 2 is 1.72 bits per heavy atom. The van der Waals surface area contributed by atoms with Gasteiger partial charge in [-0.25, -0.2) is 8.78 Å². The fourth-order valence-electron chi connectivity index (χ4n) is 1.52. The first-order chi connectivity index (χ1) is 8.56.